The van der Waals surface area contributed by atoms with Gasteiger partial charge in [0.05, 0.1) is 23.8 Å². The van der Waals surface area contributed by atoms with Gasteiger partial charge in [0.25, 0.3) is 0 Å². The van der Waals surface area contributed by atoms with Crippen LogP contribution in [0.5, 0.6) is 0 Å². The van der Waals surface area contributed by atoms with Crippen molar-refractivity contribution >= 4 is 21.4 Å². The van der Waals surface area contributed by atoms with Gasteiger partial charge in [0.1, 0.15) is 6.10 Å². The van der Waals surface area contributed by atoms with Crippen molar-refractivity contribution in [1.82, 2.24) is 14.5 Å². The maximum atomic E-state index is 12.5. The Balaban J connectivity index is 1.69. The lowest BCUT2D eigenvalue weighted by molar-refractivity contribution is 0.0328. The van der Waals surface area contributed by atoms with Gasteiger partial charge in [-0.3, -0.25) is 0 Å². The van der Waals surface area contributed by atoms with Crippen LogP contribution in [0.4, 0.5) is 0 Å². The number of aliphatic hydroxyl groups is 1. The molecule has 0 amide bonds. The Morgan fingerprint density at radius 3 is 2.65 bits per heavy atom. The summed E-state index contributed by atoms with van der Waals surface area (Å²) in [5.74, 6) is 0. The average Bonchev–Trinajstić information content (AvgIpc) is 3.36. The quantitative estimate of drug-likeness (QED) is 0.580. The molecule has 9 heteroatoms. The van der Waals surface area contributed by atoms with E-state index in [9.17, 15) is 8.42 Å². The molecule has 1 atom stereocenters. The molecule has 0 saturated heterocycles. The van der Waals surface area contributed by atoms with Crippen LogP contribution in [-0.2, 0) is 14.8 Å². The van der Waals surface area contributed by atoms with Crippen LogP contribution >= 0.6 is 11.3 Å². The van der Waals surface area contributed by atoms with Crippen molar-refractivity contribution in [2.24, 2.45) is 0 Å². The highest BCUT2D eigenvalue weighted by molar-refractivity contribution is 7.89. The molecule has 1 aromatic carbocycles. The fourth-order valence-electron chi connectivity index (χ4n) is 2.38. The number of nitrogens with one attached hydrogen (secondary N) is 1. The summed E-state index contributed by atoms with van der Waals surface area (Å²) >= 11 is 1.48. The Labute approximate surface area is 155 Å². The number of aliphatic hydroxyl groups excluding tert-OH is 1. The van der Waals surface area contributed by atoms with Crippen molar-refractivity contribution < 1.29 is 18.3 Å². The first-order valence-electron chi connectivity index (χ1n) is 7.96. The topological polar surface area (TPSA) is 93.5 Å². The van der Waals surface area contributed by atoms with Crippen molar-refractivity contribution in [3.05, 3.63) is 65.1 Å². The molecular formula is C17H19N3O4S2. The first kappa shape index (κ1) is 18.7. The number of hydrogen-bond acceptors (Lipinski definition) is 6. The molecule has 0 radical (unpaired) electrons. The number of sulfonamides is 1. The average molecular weight is 393 g/mol. The second-order valence-electron chi connectivity index (χ2n) is 5.39. The smallest absolute Gasteiger partial charge is 0.240 e. The van der Waals surface area contributed by atoms with Crippen LogP contribution in [0.3, 0.4) is 0 Å². The van der Waals surface area contributed by atoms with Gasteiger partial charge in [-0.25, -0.2) is 17.8 Å². The molecule has 0 saturated carbocycles. The van der Waals surface area contributed by atoms with Crippen LogP contribution < -0.4 is 4.72 Å². The van der Waals surface area contributed by atoms with E-state index in [2.05, 4.69) is 9.82 Å². The minimum absolute atomic E-state index is 0.0871. The van der Waals surface area contributed by atoms with Crippen LogP contribution in [0.1, 0.15) is 11.0 Å². The lowest BCUT2D eigenvalue weighted by Gasteiger charge is -2.17. The predicted octanol–water partition coefficient (Wildman–Crippen LogP) is 1.96. The Bertz CT molecular complexity index is 892. The summed E-state index contributed by atoms with van der Waals surface area (Å²) in [6.07, 6.45) is 3.00. The van der Waals surface area contributed by atoms with E-state index in [1.54, 1.807) is 35.3 Å². The van der Waals surface area contributed by atoms with Gasteiger partial charge in [0.2, 0.25) is 10.0 Å². The molecule has 3 aromatic rings. The van der Waals surface area contributed by atoms with Crippen molar-refractivity contribution in [3.63, 3.8) is 0 Å². The lowest BCUT2D eigenvalue weighted by atomic mass is 10.3. The number of ether oxygens (including phenoxy) is 1. The van der Waals surface area contributed by atoms with Gasteiger partial charge < -0.3 is 9.84 Å². The fourth-order valence-corrected chi connectivity index (χ4v) is 4.19. The van der Waals surface area contributed by atoms with E-state index in [0.29, 0.717) is 0 Å². The molecule has 0 bridgehead atoms. The molecule has 0 aliphatic carbocycles. The fraction of sp³-hybridized carbons (Fsp3) is 0.235. The first-order valence-corrected chi connectivity index (χ1v) is 10.3. The van der Waals surface area contributed by atoms with Crippen LogP contribution in [0.25, 0.3) is 5.69 Å². The van der Waals surface area contributed by atoms with Crippen molar-refractivity contribution in [1.29, 1.82) is 0 Å². The number of aromatic nitrogens is 2. The molecule has 0 aliphatic heterocycles. The van der Waals surface area contributed by atoms with E-state index in [4.69, 9.17) is 9.84 Å². The van der Waals surface area contributed by atoms with E-state index < -0.39 is 16.1 Å². The molecule has 2 heterocycles. The maximum Gasteiger partial charge on any atom is 0.240 e. The van der Waals surface area contributed by atoms with Crippen molar-refractivity contribution in [2.75, 3.05) is 19.8 Å². The third kappa shape index (κ3) is 4.57. The van der Waals surface area contributed by atoms with Gasteiger partial charge in [0.15, 0.2) is 0 Å². The van der Waals surface area contributed by atoms with Crippen LogP contribution in [0, 0.1) is 0 Å². The summed E-state index contributed by atoms with van der Waals surface area (Å²) in [5.41, 5.74) is 0.775. The van der Waals surface area contributed by atoms with Gasteiger partial charge in [-0.2, -0.15) is 5.10 Å². The van der Waals surface area contributed by atoms with Crippen LogP contribution in [0.2, 0.25) is 0 Å². The zero-order valence-electron chi connectivity index (χ0n) is 13.9. The summed E-state index contributed by atoms with van der Waals surface area (Å²) in [6.45, 7) is 0.107. The van der Waals surface area contributed by atoms with Gasteiger partial charge >= 0.3 is 0 Å². The zero-order valence-corrected chi connectivity index (χ0v) is 15.5. The highest BCUT2D eigenvalue weighted by Gasteiger charge is 2.19. The Kier molecular flexibility index (Phi) is 6.17. The molecule has 0 unspecified atom stereocenters. The van der Waals surface area contributed by atoms with Gasteiger partial charge in [0, 0.05) is 23.8 Å². The van der Waals surface area contributed by atoms with E-state index in [0.717, 1.165) is 10.6 Å². The number of thiophene rings is 1. The second kappa shape index (κ2) is 8.56. The van der Waals surface area contributed by atoms with Crippen molar-refractivity contribution in [3.8, 4) is 5.69 Å². The monoisotopic (exact) mass is 393 g/mol. The lowest BCUT2D eigenvalue weighted by Crippen LogP contribution is -2.29. The minimum atomic E-state index is -3.67. The van der Waals surface area contributed by atoms with Crippen molar-refractivity contribution in [2.45, 2.75) is 11.0 Å². The standard InChI is InChI=1S/C17H19N3O4S2/c21-10-11-24-16(17-3-1-12-25-17)13-19-26(22,23)15-6-4-14(5-7-15)20-9-2-8-18-20/h1-9,12,16,19,21H,10-11,13H2/t16-/m0/s1. The molecule has 2 N–H and O–H groups in total. The molecule has 0 aliphatic rings. The summed E-state index contributed by atoms with van der Waals surface area (Å²) in [6, 6.07) is 12.0. The molecule has 3 rings (SSSR count). The van der Waals surface area contributed by atoms with E-state index in [1.807, 2.05) is 17.5 Å². The molecule has 7 nitrogen and oxygen atoms in total. The Hall–Kier alpha value is -2.04. The third-order valence-electron chi connectivity index (χ3n) is 3.65. The number of hydrogen-bond donors (Lipinski definition) is 2. The molecule has 2 aromatic heterocycles. The summed E-state index contributed by atoms with van der Waals surface area (Å²) in [4.78, 5) is 1.07. The first-order chi connectivity index (χ1) is 12.6. The number of rotatable bonds is 9. The number of nitrogens with zero attached hydrogens (tertiary/aromatic N) is 2. The highest BCUT2D eigenvalue weighted by Crippen LogP contribution is 2.22. The molecular weight excluding hydrogens is 374 g/mol. The molecule has 26 heavy (non-hydrogen) atoms. The summed E-state index contributed by atoms with van der Waals surface area (Å²) < 4.78 is 34.9. The van der Waals surface area contributed by atoms with Gasteiger partial charge in [-0.1, -0.05) is 6.07 Å². The van der Waals surface area contributed by atoms with Crippen LogP contribution in [0.15, 0.2) is 65.1 Å². The van der Waals surface area contributed by atoms with Gasteiger partial charge in [-0.15, -0.1) is 11.3 Å². The minimum Gasteiger partial charge on any atom is -0.394 e. The highest BCUT2D eigenvalue weighted by atomic mass is 32.2. The zero-order chi connectivity index (χ0) is 18.4. The third-order valence-corrected chi connectivity index (χ3v) is 6.05. The largest absolute Gasteiger partial charge is 0.394 e. The van der Waals surface area contributed by atoms with Crippen LogP contribution in [-0.4, -0.2) is 43.1 Å². The normalized spacial score (nSPS) is 13.0. The Morgan fingerprint density at radius 1 is 1.23 bits per heavy atom. The molecule has 138 valence electrons. The number of benzene rings is 1. The van der Waals surface area contributed by atoms with E-state index in [-0.39, 0.29) is 24.7 Å². The second-order valence-corrected chi connectivity index (χ2v) is 8.14. The Morgan fingerprint density at radius 2 is 2.04 bits per heavy atom. The SMILES string of the molecule is O=S(=O)(NC[C@H](OCCO)c1cccs1)c1ccc(-n2cccn2)cc1. The van der Waals surface area contributed by atoms with Gasteiger partial charge in [-0.05, 0) is 41.8 Å². The maximum absolute atomic E-state index is 12.5. The molecule has 0 spiro atoms. The summed E-state index contributed by atoms with van der Waals surface area (Å²) in [5, 5.41) is 15.0. The van der Waals surface area contributed by atoms with E-state index in [1.165, 1.54) is 23.5 Å². The molecule has 0 fully saturated rings. The summed E-state index contributed by atoms with van der Waals surface area (Å²) in [7, 11) is -3.67. The predicted molar refractivity (Wildman–Crippen MR) is 98.9 cm³/mol. The van der Waals surface area contributed by atoms with E-state index >= 15 is 0 Å².